The van der Waals surface area contributed by atoms with Crippen molar-refractivity contribution in [3.63, 3.8) is 0 Å². The molecule has 20 heavy (non-hydrogen) atoms. The zero-order chi connectivity index (χ0) is 14.4. The molecule has 1 atom stereocenters. The van der Waals surface area contributed by atoms with Gasteiger partial charge in [0.2, 0.25) is 5.75 Å². The molecule has 2 rings (SSSR count). The maximum Gasteiger partial charge on any atom is 0.204 e. The molecule has 1 aromatic heterocycles. The highest BCUT2D eigenvalue weighted by Gasteiger charge is 2.26. The summed E-state index contributed by atoms with van der Waals surface area (Å²) in [5.74, 6) is 3.29. The molecule has 1 fully saturated rings. The average Bonchev–Trinajstić information content (AvgIpc) is 2.93. The van der Waals surface area contributed by atoms with Crippen molar-refractivity contribution in [1.82, 2.24) is 9.97 Å². The standard InChI is InChI=1S/C15H26N4O/c1-4-6-12-7-9-19(10-12)15-13(20-3)14(16-8-5-2)17-11-18-15/h11-12H,4-10H2,1-3H3,(H,16,17,18). The van der Waals surface area contributed by atoms with Gasteiger partial charge in [-0.25, -0.2) is 9.97 Å². The number of nitrogens with one attached hydrogen (secondary N) is 1. The molecule has 0 spiro atoms. The number of ether oxygens (including phenoxy) is 1. The van der Waals surface area contributed by atoms with Gasteiger partial charge in [0.05, 0.1) is 7.11 Å². The van der Waals surface area contributed by atoms with Crippen molar-refractivity contribution in [1.29, 1.82) is 0 Å². The lowest BCUT2D eigenvalue weighted by Crippen LogP contribution is -2.22. The second-order valence-corrected chi connectivity index (χ2v) is 5.40. The van der Waals surface area contributed by atoms with Crippen LogP contribution in [0.5, 0.6) is 5.75 Å². The van der Waals surface area contributed by atoms with E-state index < -0.39 is 0 Å². The van der Waals surface area contributed by atoms with Crippen LogP contribution in [0.3, 0.4) is 0 Å². The Kier molecular flexibility index (Phi) is 5.44. The van der Waals surface area contributed by atoms with Crippen LogP contribution >= 0.6 is 0 Å². The van der Waals surface area contributed by atoms with Gasteiger partial charge in [-0.05, 0) is 25.2 Å². The van der Waals surface area contributed by atoms with E-state index in [0.717, 1.165) is 49.4 Å². The van der Waals surface area contributed by atoms with E-state index in [9.17, 15) is 0 Å². The molecule has 1 aliphatic rings. The first-order valence-corrected chi connectivity index (χ1v) is 7.67. The summed E-state index contributed by atoms with van der Waals surface area (Å²) in [5, 5.41) is 3.31. The largest absolute Gasteiger partial charge is 0.490 e. The zero-order valence-electron chi connectivity index (χ0n) is 12.9. The highest BCUT2D eigenvalue weighted by Crippen LogP contribution is 2.35. The van der Waals surface area contributed by atoms with Crippen LogP contribution in [-0.4, -0.2) is 36.7 Å². The van der Waals surface area contributed by atoms with Crippen molar-refractivity contribution < 1.29 is 4.74 Å². The number of anilines is 2. The summed E-state index contributed by atoms with van der Waals surface area (Å²) in [6, 6.07) is 0. The predicted molar refractivity (Wildman–Crippen MR) is 82.6 cm³/mol. The van der Waals surface area contributed by atoms with Crippen LogP contribution in [-0.2, 0) is 0 Å². The van der Waals surface area contributed by atoms with Crippen LogP contribution in [0.2, 0.25) is 0 Å². The summed E-state index contributed by atoms with van der Waals surface area (Å²) in [6.07, 6.45) is 6.49. The second kappa shape index (κ2) is 7.31. The molecule has 0 saturated carbocycles. The highest BCUT2D eigenvalue weighted by molar-refractivity contribution is 5.65. The van der Waals surface area contributed by atoms with Gasteiger partial charge in [-0.15, -0.1) is 0 Å². The lowest BCUT2D eigenvalue weighted by molar-refractivity contribution is 0.412. The van der Waals surface area contributed by atoms with Crippen LogP contribution in [0, 0.1) is 5.92 Å². The Morgan fingerprint density at radius 3 is 2.90 bits per heavy atom. The number of methoxy groups -OCH3 is 1. The molecule has 112 valence electrons. The Labute approximate surface area is 121 Å². The van der Waals surface area contributed by atoms with Crippen LogP contribution in [0.1, 0.15) is 39.5 Å². The number of hydrogen-bond donors (Lipinski definition) is 1. The van der Waals surface area contributed by atoms with Crippen molar-refractivity contribution in [2.75, 3.05) is 37.0 Å². The average molecular weight is 278 g/mol. The molecule has 0 aliphatic carbocycles. The van der Waals surface area contributed by atoms with E-state index in [1.807, 2.05) is 0 Å². The minimum atomic E-state index is 0.776. The third-order valence-electron chi connectivity index (χ3n) is 3.81. The zero-order valence-corrected chi connectivity index (χ0v) is 12.9. The van der Waals surface area contributed by atoms with Gasteiger partial charge >= 0.3 is 0 Å². The SMILES string of the molecule is CCCNc1ncnc(N2CCC(CCC)C2)c1OC. The Morgan fingerprint density at radius 2 is 2.20 bits per heavy atom. The lowest BCUT2D eigenvalue weighted by atomic mass is 10.0. The molecule has 1 N–H and O–H groups in total. The molecule has 1 aromatic rings. The number of rotatable bonds is 7. The summed E-state index contributed by atoms with van der Waals surface area (Å²) < 4.78 is 5.55. The van der Waals surface area contributed by atoms with Crippen molar-refractivity contribution in [3.8, 4) is 5.75 Å². The molecule has 0 amide bonds. The summed E-state index contributed by atoms with van der Waals surface area (Å²) in [4.78, 5) is 11.1. The maximum absolute atomic E-state index is 5.55. The molecule has 2 heterocycles. The van der Waals surface area contributed by atoms with Crippen molar-refractivity contribution in [2.24, 2.45) is 5.92 Å². The fraction of sp³-hybridized carbons (Fsp3) is 0.733. The van der Waals surface area contributed by atoms with Gasteiger partial charge < -0.3 is 15.0 Å². The van der Waals surface area contributed by atoms with E-state index in [2.05, 4.69) is 34.0 Å². The van der Waals surface area contributed by atoms with Gasteiger partial charge in [0.25, 0.3) is 0 Å². The van der Waals surface area contributed by atoms with Gasteiger partial charge in [0.15, 0.2) is 11.6 Å². The molecule has 5 heteroatoms. The van der Waals surface area contributed by atoms with E-state index in [4.69, 9.17) is 4.74 Å². The van der Waals surface area contributed by atoms with Crippen LogP contribution in [0.15, 0.2) is 6.33 Å². The first-order valence-electron chi connectivity index (χ1n) is 7.67. The van der Waals surface area contributed by atoms with Crippen molar-refractivity contribution in [2.45, 2.75) is 39.5 Å². The number of nitrogens with zero attached hydrogens (tertiary/aromatic N) is 3. The van der Waals surface area contributed by atoms with Gasteiger partial charge in [0.1, 0.15) is 6.33 Å². The third kappa shape index (κ3) is 3.32. The van der Waals surface area contributed by atoms with E-state index in [-0.39, 0.29) is 0 Å². The topological polar surface area (TPSA) is 50.3 Å². The summed E-state index contributed by atoms with van der Waals surface area (Å²) >= 11 is 0. The van der Waals surface area contributed by atoms with Crippen molar-refractivity contribution in [3.05, 3.63) is 6.33 Å². The highest BCUT2D eigenvalue weighted by atomic mass is 16.5. The van der Waals surface area contributed by atoms with E-state index in [1.54, 1.807) is 13.4 Å². The van der Waals surface area contributed by atoms with Crippen molar-refractivity contribution >= 4 is 11.6 Å². The first kappa shape index (κ1) is 14.9. The first-order chi connectivity index (χ1) is 9.80. The molecule has 1 aliphatic heterocycles. The summed E-state index contributed by atoms with van der Waals surface area (Å²) in [5.41, 5.74) is 0. The minimum absolute atomic E-state index is 0.776. The molecule has 1 unspecified atom stereocenters. The molecule has 5 nitrogen and oxygen atoms in total. The molecular weight excluding hydrogens is 252 g/mol. The van der Waals surface area contributed by atoms with Gasteiger partial charge in [-0.3, -0.25) is 0 Å². The minimum Gasteiger partial charge on any atom is -0.490 e. The Hall–Kier alpha value is -1.52. The molecule has 0 bridgehead atoms. The quantitative estimate of drug-likeness (QED) is 0.831. The lowest BCUT2D eigenvalue weighted by Gasteiger charge is -2.21. The molecule has 0 radical (unpaired) electrons. The molecular formula is C15H26N4O. The fourth-order valence-corrected chi connectivity index (χ4v) is 2.82. The van der Waals surface area contributed by atoms with Crippen LogP contribution in [0.4, 0.5) is 11.6 Å². The summed E-state index contributed by atoms with van der Waals surface area (Å²) in [6.45, 7) is 7.42. The Bertz CT molecular complexity index is 424. The van der Waals surface area contributed by atoms with Gasteiger partial charge in [0, 0.05) is 19.6 Å². The molecule has 1 saturated heterocycles. The fourth-order valence-electron chi connectivity index (χ4n) is 2.82. The van der Waals surface area contributed by atoms with E-state index >= 15 is 0 Å². The number of hydrogen-bond acceptors (Lipinski definition) is 5. The monoisotopic (exact) mass is 278 g/mol. The van der Waals surface area contributed by atoms with Crippen LogP contribution < -0.4 is 15.0 Å². The predicted octanol–water partition coefficient (Wildman–Crippen LogP) is 2.93. The Balaban J connectivity index is 2.15. The smallest absolute Gasteiger partial charge is 0.204 e. The molecule has 0 aromatic carbocycles. The van der Waals surface area contributed by atoms with E-state index in [1.165, 1.54) is 19.3 Å². The number of aromatic nitrogens is 2. The maximum atomic E-state index is 5.55. The third-order valence-corrected chi connectivity index (χ3v) is 3.81. The Morgan fingerprint density at radius 1 is 1.35 bits per heavy atom. The summed E-state index contributed by atoms with van der Waals surface area (Å²) in [7, 11) is 1.69. The van der Waals surface area contributed by atoms with Gasteiger partial charge in [-0.2, -0.15) is 0 Å². The van der Waals surface area contributed by atoms with Crippen LogP contribution in [0.25, 0.3) is 0 Å². The van der Waals surface area contributed by atoms with E-state index in [0.29, 0.717) is 0 Å². The second-order valence-electron chi connectivity index (χ2n) is 5.40. The van der Waals surface area contributed by atoms with Gasteiger partial charge in [-0.1, -0.05) is 20.3 Å². The normalized spacial score (nSPS) is 18.4.